The van der Waals surface area contributed by atoms with Gasteiger partial charge in [0.1, 0.15) is 11.6 Å². The molecule has 0 bridgehead atoms. The fourth-order valence-electron chi connectivity index (χ4n) is 4.66. The Morgan fingerprint density at radius 1 is 1.12 bits per heavy atom. The Kier molecular flexibility index (Phi) is 6.95. The van der Waals surface area contributed by atoms with Crippen LogP contribution in [0.4, 0.5) is 14.5 Å². The number of carbonyl (C=O) groups is 1. The zero-order chi connectivity index (χ0) is 23.6. The first-order chi connectivity index (χ1) is 15.8. The molecular formula is C25H30F2N4OS. The summed E-state index contributed by atoms with van der Waals surface area (Å²) in [5.41, 5.74) is 1.19. The number of carbonyl (C=O) groups excluding carboxylic acids is 1. The number of hydrogen-bond acceptors (Lipinski definition) is 3. The molecule has 2 aromatic carbocycles. The predicted octanol–water partition coefficient (Wildman–Crippen LogP) is 4.50. The van der Waals surface area contributed by atoms with Crippen LogP contribution in [0.1, 0.15) is 38.7 Å². The van der Waals surface area contributed by atoms with Gasteiger partial charge in [0.05, 0.1) is 11.7 Å². The predicted molar refractivity (Wildman–Crippen MR) is 129 cm³/mol. The van der Waals surface area contributed by atoms with E-state index >= 15 is 0 Å². The van der Waals surface area contributed by atoms with Crippen molar-refractivity contribution in [2.24, 2.45) is 5.92 Å². The molecular weight excluding hydrogens is 442 g/mol. The summed E-state index contributed by atoms with van der Waals surface area (Å²) in [5.74, 6) is -0.256. The molecule has 0 saturated carbocycles. The molecule has 0 aliphatic carbocycles. The topological polar surface area (TPSA) is 47.6 Å². The van der Waals surface area contributed by atoms with Gasteiger partial charge in [-0.3, -0.25) is 10.1 Å². The van der Waals surface area contributed by atoms with Crippen LogP contribution in [-0.2, 0) is 11.3 Å². The third-order valence-electron chi connectivity index (χ3n) is 6.91. The average molecular weight is 473 g/mol. The highest BCUT2D eigenvalue weighted by Gasteiger charge is 2.52. The Labute approximate surface area is 199 Å². The van der Waals surface area contributed by atoms with Gasteiger partial charge in [0, 0.05) is 38.2 Å². The minimum Gasteiger partial charge on any atom is -0.349 e. The minimum absolute atomic E-state index is 0.106. The summed E-state index contributed by atoms with van der Waals surface area (Å²) in [4.78, 5) is 17.5. The number of nitrogens with one attached hydrogen (secondary N) is 2. The largest absolute Gasteiger partial charge is 0.349 e. The average Bonchev–Trinajstić information content (AvgIpc) is 3.08. The van der Waals surface area contributed by atoms with E-state index in [0.29, 0.717) is 24.7 Å². The van der Waals surface area contributed by atoms with Crippen LogP contribution in [0.25, 0.3) is 0 Å². The van der Waals surface area contributed by atoms with Crippen molar-refractivity contribution in [3.8, 4) is 0 Å². The van der Waals surface area contributed by atoms with Crippen molar-refractivity contribution in [1.82, 2.24) is 15.1 Å². The summed E-state index contributed by atoms with van der Waals surface area (Å²) in [7, 11) is 0. The Hall–Kier alpha value is -2.58. The second-order valence-corrected chi connectivity index (χ2v) is 9.40. The van der Waals surface area contributed by atoms with Crippen LogP contribution in [0.3, 0.4) is 0 Å². The summed E-state index contributed by atoms with van der Waals surface area (Å²) in [6.07, 6.45) is 2.35. The molecule has 2 saturated heterocycles. The number of hydrogen-bond donors (Lipinski definition) is 2. The zero-order valence-corrected chi connectivity index (χ0v) is 19.8. The molecule has 33 heavy (non-hydrogen) atoms. The van der Waals surface area contributed by atoms with Crippen molar-refractivity contribution < 1.29 is 13.6 Å². The summed E-state index contributed by atoms with van der Waals surface area (Å²) < 4.78 is 26.6. The van der Waals surface area contributed by atoms with E-state index in [1.54, 1.807) is 24.3 Å². The Morgan fingerprint density at radius 3 is 2.27 bits per heavy atom. The van der Waals surface area contributed by atoms with Crippen molar-refractivity contribution in [3.63, 3.8) is 0 Å². The molecule has 8 heteroatoms. The molecule has 2 aliphatic rings. The zero-order valence-electron chi connectivity index (χ0n) is 19.0. The molecule has 2 fully saturated rings. The van der Waals surface area contributed by atoms with Gasteiger partial charge in [0.15, 0.2) is 5.11 Å². The van der Waals surface area contributed by atoms with Crippen molar-refractivity contribution in [2.75, 3.05) is 18.4 Å². The van der Waals surface area contributed by atoms with E-state index in [-0.39, 0.29) is 29.5 Å². The molecule has 176 valence electrons. The normalized spacial score (nSPS) is 20.8. The van der Waals surface area contributed by atoms with Crippen molar-refractivity contribution in [2.45, 2.75) is 51.4 Å². The highest BCUT2D eigenvalue weighted by Crippen LogP contribution is 2.36. The van der Waals surface area contributed by atoms with E-state index in [1.165, 1.54) is 24.3 Å². The summed E-state index contributed by atoms with van der Waals surface area (Å²) >= 11 is 5.59. The highest BCUT2D eigenvalue weighted by molar-refractivity contribution is 7.80. The van der Waals surface area contributed by atoms with E-state index in [9.17, 15) is 13.6 Å². The van der Waals surface area contributed by atoms with Crippen LogP contribution in [0.2, 0.25) is 0 Å². The molecule has 0 aromatic heterocycles. The lowest BCUT2D eigenvalue weighted by atomic mass is 9.95. The van der Waals surface area contributed by atoms with Gasteiger partial charge < -0.3 is 15.1 Å². The number of benzene rings is 2. The van der Waals surface area contributed by atoms with Gasteiger partial charge in [-0.25, -0.2) is 8.78 Å². The lowest BCUT2D eigenvalue weighted by molar-refractivity contribution is -0.134. The molecule has 4 rings (SSSR count). The molecule has 0 radical (unpaired) electrons. The molecule has 2 atom stereocenters. The molecule has 5 nitrogen and oxygen atoms in total. The number of nitrogens with zero attached hydrogens (tertiary/aromatic N) is 2. The second-order valence-electron chi connectivity index (χ2n) is 9.01. The van der Waals surface area contributed by atoms with Crippen LogP contribution in [-0.4, -0.2) is 45.6 Å². The molecule has 1 spiro atoms. The Balaban J connectivity index is 1.48. The molecule has 1 amide bonds. The van der Waals surface area contributed by atoms with Gasteiger partial charge >= 0.3 is 0 Å². The molecule has 2 unspecified atom stereocenters. The lowest BCUT2D eigenvalue weighted by Crippen LogP contribution is -2.59. The maximum Gasteiger partial charge on any atom is 0.241 e. The third-order valence-corrected chi connectivity index (χ3v) is 7.27. The van der Waals surface area contributed by atoms with Crippen molar-refractivity contribution in [1.29, 1.82) is 0 Å². The second kappa shape index (κ2) is 9.73. The van der Waals surface area contributed by atoms with E-state index in [4.69, 9.17) is 12.2 Å². The fourth-order valence-corrected chi connectivity index (χ4v) is 4.96. The molecule has 2 aromatic rings. The van der Waals surface area contributed by atoms with Crippen LogP contribution in [0, 0.1) is 17.6 Å². The Bertz CT molecular complexity index is 990. The first-order valence-corrected chi connectivity index (χ1v) is 11.9. The van der Waals surface area contributed by atoms with Gasteiger partial charge in [0.25, 0.3) is 0 Å². The van der Waals surface area contributed by atoms with Crippen molar-refractivity contribution >= 4 is 28.9 Å². The van der Waals surface area contributed by atoms with Crippen LogP contribution >= 0.6 is 12.2 Å². The van der Waals surface area contributed by atoms with Crippen LogP contribution in [0.5, 0.6) is 0 Å². The lowest BCUT2D eigenvalue weighted by Gasteiger charge is -2.45. The monoisotopic (exact) mass is 472 g/mol. The van der Waals surface area contributed by atoms with E-state index in [2.05, 4.69) is 29.4 Å². The van der Waals surface area contributed by atoms with Gasteiger partial charge in [-0.05, 0) is 60.1 Å². The highest BCUT2D eigenvalue weighted by atomic mass is 32.1. The number of rotatable bonds is 5. The van der Waals surface area contributed by atoms with Gasteiger partial charge in [-0.15, -0.1) is 0 Å². The summed E-state index contributed by atoms with van der Waals surface area (Å²) in [6.45, 7) is 6.00. The number of amides is 1. The van der Waals surface area contributed by atoms with Crippen LogP contribution < -0.4 is 10.6 Å². The number of halogens is 2. The van der Waals surface area contributed by atoms with Crippen molar-refractivity contribution in [3.05, 3.63) is 65.7 Å². The quantitative estimate of drug-likeness (QED) is 0.628. The fraction of sp³-hybridized carbons (Fsp3) is 0.440. The van der Waals surface area contributed by atoms with E-state index in [1.807, 2.05) is 4.90 Å². The minimum atomic E-state index is -0.457. The summed E-state index contributed by atoms with van der Waals surface area (Å²) in [5, 5.41) is 7.43. The first kappa shape index (κ1) is 23.6. The number of thiocarbonyl (C=S) groups is 1. The van der Waals surface area contributed by atoms with E-state index in [0.717, 1.165) is 30.5 Å². The summed E-state index contributed by atoms with van der Waals surface area (Å²) in [6, 6.07) is 12.2. The molecule has 2 aliphatic heterocycles. The van der Waals surface area contributed by atoms with Gasteiger partial charge in [-0.1, -0.05) is 32.4 Å². The SMILES string of the molecule is CCC(C)C1NC2(CCN(C(=S)Nc3ccc(F)cc3)CC2)N(Cc2ccc(F)cc2)C1=O. The third kappa shape index (κ3) is 5.01. The number of piperidine rings is 1. The molecule has 2 N–H and O–H groups in total. The van der Waals surface area contributed by atoms with E-state index < -0.39 is 5.66 Å². The smallest absolute Gasteiger partial charge is 0.241 e. The van der Waals surface area contributed by atoms with Gasteiger partial charge in [-0.2, -0.15) is 0 Å². The maximum absolute atomic E-state index is 13.4. The van der Waals surface area contributed by atoms with Crippen LogP contribution in [0.15, 0.2) is 48.5 Å². The van der Waals surface area contributed by atoms with Gasteiger partial charge in [0.2, 0.25) is 5.91 Å². The maximum atomic E-state index is 13.4. The standard InChI is InChI=1S/C25H30F2N4OS/c1-3-17(2)22-23(32)31(16-18-4-6-19(26)7-5-18)25(29-22)12-14-30(15-13-25)24(33)28-21-10-8-20(27)9-11-21/h4-11,17,22,29H,3,12-16H2,1-2H3,(H,28,33). The number of anilines is 1. The number of likely N-dealkylation sites (tertiary alicyclic amines) is 1. The first-order valence-electron chi connectivity index (χ1n) is 11.5. The molecule has 2 heterocycles. The Morgan fingerprint density at radius 2 is 1.70 bits per heavy atom.